The summed E-state index contributed by atoms with van der Waals surface area (Å²) in [6.07, 6.45) is 2.61. The molecule has 0 unspecified atom stereocenters. The van der Waals surface area contributed by atoms with E-state index < -0.39 is 0 Å². The molecule has 16 heavy (non-hydrogen) atoms. The zero-order valence-corrected chi connectivity index (χ0v) is 10.3. The lowest BCUT2D eigenvalue weighted by molar-refractivity contribution is 1.09. The quantitative estimate of drug-likeness (QED) is 0.661. The molecule has 0 aliphatic carbocycles. The maximum Gasteiger partial charge on any atom is 0.0662 e. The van der Waals surface area contributed by atoms with E-state index in [2.05, 4.69) is 38.0 Å². The molecular weight excluding hydrogens is 264 g/mol. The minimum Gasteiger partial charge on any atom is -0.278 e. The Morgan fingerprint density at radius 2 is 2.12 bits per heavy atom. The van der Waals surface area contributed by atoms with Gasteiger partial charge in [-0.05, 0) is 12.1 Å². The highest BCUT2D eigenvalue weighted by Crippen LogP contribution is 2.20. The molecule has 0 saturated heterocycles. The van der Waals surface area contributed by atoms with E-state index in [4.69, 9.17) is 0 Å². The normalized spacial score (nSPS) is 9.56. The number of nitrogens with one attached hydrogen (secondary N) is 1. The Morgan fingerprint density at radius 1 is 1.25 bits per heavy atom. The van der Waals surface area contributed by atoms with Crippen LogP contribution in [0, 0.1) is 11.8 Å². The second-order valence-electron chi connectivity index (χ2n) is 3.26. The molecule has 3 heteroatoms. The molecule has 1 aromatic carbocycles. The van der Waals surface area contributed by atoms with Crippen molar-refractivity contribution in [1.82, 2.24) is 10.2 Å². The molecule has 0 aliphatic rings. The van der Waals surface area contributed by atoms with Crippen molar-refractivity contribution in [2.75, 3.05) is 5.33 Å². The lowest BCUT2D eigenvalue weighted by atomic mass is 10.1. The van der Waals surface area contributed by atoms with Gasteiger partial charge in [0.25, 0.3) is 0 Å². The van der Waals surface area contributed by atoms with E-state index in [-0.39, 0.29) is 0 Å². The van der Waals surface area contributed by atoms with Crippen LogP contribution in [0.25, 0.3) is 11.3 Å². The van der Waals surface area contributed by atoms with Gasteiger partial charge in [0, 0.05) is 29.1 Å². The summed E-state index contributed by atoms with van der Waals surface area (Å²) >= 11 is 3.36. The molecular formula is C13H11BrN2. The summed E-state index contributed by atoms with van der Waals surface area (Å²) in [6.45, 7) is 0. The minimum absolute atomic E-state index is 0.858. The van der Waals surface area contributed by atoms with E-state index in [1.807, 2.05) is 30.3 Å². The van der Waals surface area contributed by atoms with Gasteiger partial charge < -0.3 is 0 Å². The summed E-state index contributed by atoms with van der Waals surface area (Å²) in [4.78, 5) is 0. The first-order valence-electron chi connectivity index (χ1n) is 5.05. The van der Waals surface area contributed by atoms with E-state index in [9.17, 15) is 0 Å². The number of hydrogen-bond acceptors (Lipinski definition) is 1. The van der Waals surface area contributed by atoms with Crippen LogP contribution in [0.1, 0.15) is 12.0 Å². The summed E-state index contributed by atoms with van der Waals surface area (Å²) in [5.41, 5.74) is 3.14. The van der Waals surface area contributed by atoms with E-state index in [1.165, 1.54) is 0 Å². The number of H-pyrrole nitrogens is 1. The number of aromatic amines is 1. The monoisotopic (exact) mass is 274 g/mol. The van der Waals surface area contributed by atoms with Gasteiger partial charge in [-0.1, -0.05) is 46.0 Å². The van der Waals surface area contributed by atoms with Crippen LogP contribution in [0.15, 0.2) is 36.5 Å². The predicted octanol–water partition coefficient (Wildman–Crippen LogP) is 3.21. The second-order valence-corrected chi connectivity index (χ2v) is 4.05. The van der Waals surface area contributed by atoms with Crippen LogP contribution in [0.5, 0.6) is 0 Å². The Bertz CT molecular complexity index is 506. The van der Waals surface area contributed by atoms with Gasteiger partial charge >= 0.3 is 0 Å². The molecule has 1 heterocycles. The fourth-order valence-corrected chi connectivity index (χ4v) is 1.64. The molecule has 2 aromatic rings. The molecule has 0 spiro atoms. The first-order valence-corrected chi connectivity index (χ1v) is 6.17. The Hall–Kier alpha value is -1.53. The Kier molecular flexibility index (Phi) is 3.79. The molecule has 2 nitrogen and oxygen atoms in total. The van der Waals surface area contributed by atoms with E-state index in [0.29, 0.717) is 0 Å². The molecule has 0 saturated carbocycles. The molecule has 1 aromatic heterocycles. The van der Waals surface area contributed by atoms with Crippen molar-refractivity contribution in [3.05, 3.63) is 42.1 Å². The van der Waals surface area contributed by atoms with Crippen LogP contribution in [-0.2, 0) is 0 Å². The van der Waals surface area contributed by atoms with Gasteiger partial charge in [-0.25, -0.2) is 0 Å². The maximum atomic E-state index is 3.96. The van der Waals surface area contributed by atoms with Crippen molar-refractivity contribution >= 4 is 15.9 Å². The fraction of sp³-hybridized carbons (Fsp3) is 0.154. The molecule has 1 N–H and O–H groups in total. The lowest BCUT2D eigenvalue weighted by Gasteiger charge is -2.00. The largest absolute Gasteiger partial charge is 0.278 e. The molecule has 0 fully saturated rings. The number of benzene rings is 1. The van der Waals surface area contributed by atoms with Gasteiger partial charge in [-0.15, -0.1) is 0 Å². The van der Waals surface area contributed by atoms with Gasteiger partial charge in [-0.3, -0.25) is 5.10 Å². The Labute approximate surface area is 103 Å². The van der Waals surface area contributed by atoms with Gasteiger partial charge in [0.15, 0.2) is 0 Å². The summed E-state index contributed by atoms with van der Waals surface area (Å²) < 4.78 is 0. The number of halogens is 1. The SMILES string of the molecule is BrCCC#Cc1ccccc1-c1ccn[nH]1. The zero-order valence-electron chi connectivity index (χ0n) is 8.70. The molecule has 0 amide bonds. The Morgan fingerprint density at radius 3 is 2.88 bits per heavy atom. The zero-order chi connectivity index (χ0) is 11.2. The van der Waals surface area contributed by atoms with Gasteiger partial charge in [-0.2, -0.15) is 5.10 Å². The average molecular weight is 275 g/mol. The highest BCUT2D eigenvalue weighted by Gasteiger charge is 2.02. The highest BCUT2D eigenvalue weighted by molar-refractivity contribution is 9.09. The topological polar surface area (TPSA) is 28.7 Å². The van der Waals surface area contributed by atoms with Gasteiger partial charge in [0.2, 0.25) is 0 Å². The van der Waals surface area contributed by atoms with Gasteiger partial charge in [0.05, 0.1) is 5.69 Å². The molecule has 2 rings (SSSR count). The summed E-state index contributed by atoms with van der Waals surface area (Å²) in [7, 11) is 0. The third-order valence-electron chi connectivity index (χ3n) is 2.16. The second kappa shape index (κ2) is 5.53. The highest BCUT2D eigenvalue weighted by atomic mass is 79.9. The molecule has 80 valence electrons. The predicted molar refractivity (Wildman–Crippen MR) is 69.3 cm³/mol. The average Bonchev–Trinajstić information content (AvgIpc) is 2.83. The van der Waals surface area contributed by atoms with Crippen molar-refractivity contribution in [3.8, 4) is 23.1 Å². The number of aromatic nitrogens is 2. The summed E-state index contributed by atoms with van der Waals surface area (Å²) in [6, 6.07) is 10.0. The fourth-order valence-electron chi connectivity index (χ4n) is 1.44. The van der Waals surface area contributed by atoms with E-state index in [1.54, 1.807) is 6.20 Å². The third-order valence-corrected chi connectivity index (χ3v) is 2.56. The van der Waals surface area contributed by atoms with Crippen LogP contribution in [-0.4, -0.2) is 15.5 Å². The van der Waals surface area contributed by atoms with Crippen LogP contribution in [0.2, 0.25) is 0 Å². The molecule has 0 atom stereocenters. The summed E-state index contributed by atoms with van der Waals surface area (Å²) in [5, 5.41) is 7.82. The van der Waals surface area contributed by atoms with Gasteiger partial charge in [0.1, 0.15) is 0 Å². The van der Waals surface area contributed by atoms with Crippen molar-refractivity contribution in [2.24, 2.45) is 0 Å². The third kappa shape index (κ3) is 2.53. The van der Waals surface area contributed by atoms with Crippen molar-refractivity contribution in [3.63, 3.8) is 0 Å². The van der Waals surface area contributed by atoms with E-state index >= 15 is 0 Å². The molecule has 0 radical (unpaired) electrons. The van der Waals surface area contributed by atoms with Crippen molar-refractivity contribution in [2.45, 2.75) is 6.42 Å². The maximum absolute atomic E-state index is 3.96. The molecule has 0 aliphatic heterocycles. The first-order chi connectivity index (χ1) is 7.92. The van der Waals surface area contributed by atoms with Crippen molar-refractivity contribution < 1.29 is 0 Å². The van der Waals surface area contributed by atoms with E-state index in [0.717, 1.165) is 28.6 Å². The molecule has 0 bridgehead atoms. The Balaban J connectivity index is 2.36. The van der Waals surface area contributed by atoms with Crippen molar-refractivity contribution in [1.29, 1.82) is 0 Å². The number of alkyl halides is 1. The number of hydrogen-bond donors (Lipinski definition) is 1. The van der Waals surface area contributed by atoms with Crippen LogP contribution in [0.3, 0.4) is 0 Å². The lowest BCUT2D eigenvalue weighted by Crippen LogP contribution is -1.84. The summed E-state index contributed by atoms with van der Waals surface area (Å²) in [5.74, 6) is 6.30. The van der Waals surface area contributed by atoms with Crippen LogP contribution < -0.4 is 0 Å². The van der Waals surface area contributed by atoms with Crippen LogP contribution in [0.4, 0.5) is 0 Å². The number of rotatable bonds is 2. The van der Waals surface area contributed by atoms with Crippen LogP contribution >= 0.6 is 15.9 Å². The standard InChI is InChI=1S/C13H11BrN2/c14-9-4-3-6-11-5-1-2-7-12(11)13-8-10-15-16-13/h1-2,5,7-8,10H,4,9H2,(H,15,16). The first kappa shape index (κ1) is 11.0. The smallest absolute Gasteiger partial charge is 0.0662 e. The minimum atomic E-state index is 0.858. The number of nitrogens with zero attached hydrogens (tertiary/aromatic N) is 1.